The summed E-state index contributed by atoms with van der Waals surface area (Å²) in [5, 5.41) is 13.3. The van der Waals surface area contributed by atoms with Crippen molar-refractivity contribution in [2.24, 2.45) is 5.41 Å². The van der Waals surface area contributed by atoms with E-state index in [9.17, 15) is 4.79 Å². The zero-order chi connectivity index (χ0) is 12.9. The van der Waals surface area contributed by atoms with Crippen LogP contribution in [0.3, 0.4) is 0 Å². The molecular formula is C14H16ClNO2. The highest BCUT2D eigenvalue weighted by atomic mass is 35.5. The minimum Gasteiger partial charge on any atom is -0.481 e. The topological polar surface area (TPSA) is 49.3 Å². The summed E-state index contributed by atoms with van der Waals surface area (Å²) in [6.07, 6.45) is 2.47. The summed E-state index contributed by atoms with van der Waals surface area (Å²) in [5.74, 6) is -0.589. The van der Waals surface area contributed by atoms with E-state index in [1.165, 1.54) is 0 Å². The maximum Gasteiger partial charge on any atom is 0.303 e. The quantitative estimate of drug-likeness (QED) is 0.862. The molecule has 3 rings (SSSR count). The van der Waals surface area contributed by atoms with Crippen molar-refractivity contribution < 1.29 is 9.90 Å². The van der Waals surface area contributed by atoms with Crippen LogP contribution < -0.4 is 5.32 Å². The van der Waals surface area contributed by atoms with Crippen molar-refractivity contribution in [3.8, 4) is 0 Å². The van der Waals surface area contributed by atoms with Crippen LogP contribution in [-0.4, -0.2) is 17.6 Å². The number of carboxylic acid groups (broad SMARTS) is 1. The number of aliphatic carboxylic acids is 1. The number of halogens is 1. The molecule has 1 aliphatic carbocycles. The van der Waals surface area contributed by atoms with Crippen LogP contribution in [-0.2, 0) is 4.79 Å². The Morgan fingerprint density at radius 1 is 1.56 bits per heavy atom. The molecule has 0 bridgehead atoms. The summed E-state index contributed by atoms with van der Waals surface area (Å²) < 4.78 is 0. The molecule has 2 N–H and O–H groups in total. The smallest absolute Gasteiger partial charge is 0.303 e. The van der Waals surface area contributed by atoms with E-state index in [2.05, 4.69) is 5.32 Å². The second-order valence-electron chi connectivity index (χ2n) is 5.50. The van der Waals surface area contributed by atoms with Gasteiger partial charge in [-0.15, -0.1) is 0 Å². The first-order valence-corrected chi connectivity index (χ1v) is 6.66. The van der Waals surface area contributed by atoms with Crippen molar-refractivity contribution in [3.05, 3.63) is 28.3 Å². The summed E-state index contributed by atoms with van der Waals surface area (Å²) in [4.78, 5) is 11.1. The zero-order valence-electron chi connectivity index (χ0n) is 10.3. The van der Waals surface area contributed by atoms with Gasteiger partial charge in [-0.1, -0.05) is 17.7 Å². The van der Waals surface area contributed by atoms with E-state index in [-0.39, 0.29) is 17.8 Å². The summed E-state index contributed by atoms with van der Waals surface area (Å²) in [7, 11) is 0. The van der Waals surface area contributed by atoms with Crippen LogP contribution >= 0.6 is 11.6 Å². The molecule has 18 heavy (non-hydrogen) atoms. The Labute approximate surface area is 111 Å². The number of fused-ring (bicyclic) bond motifs is 1. The molecule has 4 heteroatoms. The minimum atomic E-state index is -0.716. The molecule has 1 saturated carbocycles. The molecule has 1 fully saturated rings. The van der Waals surface area contributed by atoms with Crippen molar-refractivity contribution in [1.82, 2.24) is 0 Å². The molecule has 96 valence electrons. The summed E-state index contributed by atoms with van der Waals surface area (Å²) >= 11 is 6.13. The average molecular weight is 266 g/mol. The van der Waals surface area contributed by atoms with E-state index in [1.54, 1.807) is 0 Å². The molecule has 1 aromatic carbocycles. The van der Waals surface area contributed by atoms with Crippen molar-refractivity contribution in [3.63, 3.8) is 0 Å². The molecule has 1 aromatic rings. The fraction of sp³-hybridized carbons (Fsp3) is 0.500. The first kappa shape index (κ1) is 11.8. The Morgan fingerprint density at radius 3 is 2.89 bits per heavy atom. The normalized spacial score (nSPS) is 23.3. The van der Waals surface area contributed by atoms with Gasteiger partial charge in [0.1, 0.15) is 0 Å². The molecule has 1 atom stereocenters. The molecule has 0 aromatic heterocycles. The van der Waals surface area contributed by atoms with Gasteiger partial charge in [0.15, 0.2) is 0 Å². The van der Waals surface area contributed by atoms with Crippen LogP contribution in [0, 0.1) is 12.3 Å². The van der Waals surface area contributed by atoms with Crippen LogP contribution in [0.4, 0.5) is 5.69 Å². The van der Waals surface area contributed by atoms with Crippen LogP contribution in [0.5, 0.6) is 0 Å². The van der Waals surface area contributed by atoms with Crippen molar-refractivity contribution in [2.45, 2.75) is 32.1 Å². The van der Waals surface area contributed by atoms with Crippen LogP contribution in [0.1, 0.15) is 36.3 Å². The van der Waals surface area contributed by atoms with Crippen LogP contribution in [0.15, 0.2) is 12.1 Å². The first-order chi connectivity index (χ1) is 8.53. The lowest BCUT2D eigenvalue weighted by atomic mass is 9.76. The lowest BCUT2D eigenvalue weighted by molar-refractivity contribution is -0.137. The number of carboxylic acids is 1. The van der Waals surface area contributed by atoms with Gasteiger partial charge < -0.3 is 10.4 Å². The highest BCUT2D eigenvalue weighted by Crippen LogP contribution is 2.61. The first-order valence-electron chi connectivity index (χ1n) is 6.28. The molecule has 1 heterocycles. The van der Waals surface area contributed by atoms with Gasteiger partial charge in [0, 0.05) is 23.2 Å². The van der Waals surface area contributed by atoms with Crippen molar-refractivity contribution in [1.29, 1.82) is 0 Å². The standard InChI is InChI=1S/C14H16ClNO2/c1-8-11(15)3-2-9-10(6-12(17)18)14(4-5-14)7-16-13(8)9/h2-3,10,16H,4-7H2,1H3,(H,17,18). The van der Waals surface area contributed by atoms with Crippen LogP contribution in [0.2, 0.25) is 5.02 Å². The Balaban J connectivity index is 2.07. The molecule has 0 saturated heterocycles. The summed E-state index contributed by atoms with van der Waals surface area (Å²) in [5.41, 5.74) is 3.38. The highest BCUT2D eigenvalue weighted by Gasteiger charge is 2.52. The fourth-order valence-corrected chi connectivity index (χ4v) is 3.29. The van der Waals surface area contributed by atoms with Crippen LogP contribution in [0.25, 0.3) is 0 Å². The minimum absolute atomic E-state index is 0.127. The van der Waals surface area contributed by atoms with E-state index in [4.69, 9.17) is 16.7 Å². The monoisotopic (exact) mass is 265 g/mol. The van der Waals surface area contributed by atoms with Crippen molar-refractivity contribution in [2.75, 3.05) is 11.9 Å². The number of benzene rings is 1. The van der Waals surface area contributed by atoms with Gasteiger partial charge in [0.05, 0.1) is 6.42 Å². The van der Waals surface area contributed by atoms with E-state index in [1.807, 2.05) is 19.1 Å². The molecule has 1 aliphatic heterocycles. The second-order valence-corrected chi connectivity index (χ2v) is 5.91. The second kappa shape index (κ2) is 3.89. The number of anilines is 1. The number of nitrogens with one attached hydrogen (secondary N) is 1. The number of hydrogen-bond acceptors (Lipinski definition) is 2. The largest absolute Gasteiger partial charge is 0.481 e. The third-order valence-electron chi connectivity index (χ3n) is 4.43. The Kier molecular flexibility index (Phi) is 2.56. The SMILES string of the molecule is Cc1c(Cl)ccc2c1NCC1(CC1)C2CC(=O)O. The highest BCUT2D eigenvalue weighted by molar-refractivity contribution is 6.31. The van der Waals surface area contributed by atoms with E-state index < -0.39 is 5.97 Å². The van der Waals surface area contributed by atoms with Crippen molar-refractivity contribution >= 4 is 23.3 Å². The van der Waals surface area contributed by atoms with E-state index in [0.29, 0.717) is 0 Å². The molecule has 3 nitrogen and oxygen atoms in total. The Hall–Kier alpha value is -1.22. The maximum atomic E-state index is 11.1. The molecule has 0 radical (unpaired) electrons. The summed E-state index contributed by atoms with van der Waals surface area (Å²) in [6.45, 7) is 2.86. The molecule has 2 aliphatic rings. The zero-order valence-corrected chi connectivity index (χ0v) is 11.0. The number of hydrogen-bond donors (Lipinski definition) is 2. The summed E-state index contributed by atoms with van der Waals surface area (Å²) in [6, 6.07) is 3.87. The van der Waals surface area contributed by atoms with Gasteiger partial charge in [-0.2, -0.15) is 0 Å². The lowest BCUT2D eigenvalue weighted by Crippen LogP contribution is -2.31. The third-order valence-corrected chi connectivity index (χ3v) is 4.84. The Morgan fingerprint density at radius 2 is 2.28 bits per heavy atom. The lowest BCUT2D eigenvalue weighted by Gasteiger charge is -2.35. The molecule has 1 unspecified atom stereocenters. The molecular weight excluding hydrogens is 250 g/mol. The van der Waals surface area contributed by atoms with Gasteiger partial charge in [0.2, 0.25) is 0 Å². The number of carbonyl (C=O) groups is 1. The third kappa shape index (κ3) is 1.69. The van der Waals surface area contributed by atoms with Gasteiger partial charge in [-0.3, -0.25) is 4.79 Å². The van der Waals surface area contributed by atoms with Gasteiger partial charge in [0.25, 0.3) is 0 Å². The average Bonchev–Trinajstić information content (AvgIpc) is 3.08. The van der Waals surface area contributed by atoms with Gasteiger partial charge >= 0.3 is 5.97 Å². The van der Waals surface area contributed by atoms with Gasteiger partial charge in [-0.25, -0.2) is 0 Å². The maximum absolute atomic E-state index is 11.1. The van der Waals surface area contributed by atoms with E-state index in [0.717, 1.165) is 41.2 Å². The number of rotatable bonds is 2. The predicted molar refractivity (Wildman–Crippen MR) is 71.3 cm³/mol. The fourth-order valence-electron chi connectivity index (χ4n) is 3.14. The molecule has 1 spiro atoms. The molecule has 0 amide bonds. The predicted octanol–water partition coefficient (Wildman–Crippen LogP) is 3.41. The van der Waals surface area contributed by atoms with E-state index >= 15 is 0 Å². The Bertz CT molecular complexity index is 523. The van der Waals surface area contributed by atoms with Gasteiger partial charge in [-0.05, 0) is 42.4 Å².